The van der Waals surface area contributed by atoms with Crippen molar-refractivity contribution < 1.29 is 19.1 Å². The number of carbonyl (C=O) groups is 2. The summed E-state index contributed by atoms with van der Waals surface area (Å²) >= 11 is 0. The largest absolute Gasteiger partial charge is 0.452 e. The summed E-state index contributed by atoms with van der Waals surface area (Å²) in [5.74, 6) is 0. The summed E-state index contributed by atoms with van der Waals surface area (Å²) in [7, 11) is 1.22. The Hall–Kier alpha value is -4.06. The van der Waals surface area contributed by atoms with Crippen molar-refractivity contribution in [3.63, 3.8) is 0 Å². The number of ether oxygens (including phenoxy) is 2. The third-order valence-electron chi connectivity index (χ3n) is 7.17. The highest BCUT2D eigenvalue weighted by Gasteiger charge is 2.45. The van der Waals surface area contributed by atoms with Crippen molar-refractivity contribution in [2.75, 3.05) is 7.11 Å². The van der Waals surface area contributed by atoms with Crippen LogP contribution in [-0.4, -0.2) is 45.5 Å². The molecular formula is C26H26N4O5. The van der Waals surface area contributed by atoms with E-state index in [1.54, 1.807) is 16.7 Å². The van der Waals surface area contributed by atoms with Crippen molar-refractivity contribution in [1.29, 1.82) is 5.26 Å². The number of rotatable bonds is 3. The summed E-state index contributed by atoms with van der Waals surface area (Å²) in [6.07, 6.45) is 1.36. The smallest absolute Gasteiger partial charge is 0.422 e. The second-order valence-electron chi connectivity index (χ2n) is 9.09. The average Bonchev–Trinajstić information content (AvgIpc) is 3.35. The maximum atomic E-state index is 13.3. The van der Waals surface area contributed by atoms with Gasteiger partial charge in [-0.05, 0) is 56.4 Å². The number of nitrogens with zero attached hydrogens (tertiary/aromatic N) is 4. The predicted octanol–water partition coefficient (Wildman–Crippen LogP) is 4.35. The standard InChI is InChI=1S/C26H26N4O5/c1-16-23(18-6-4-3-5-7-18)29(26(33)35-16)20-11-9-19(10-12-20)28-21-13-8-17(15-27)14-22(21)30(24(28)31)25(32)34-2/h3-8,13-14,16,19-20,23H,9-12H2,1-2H3. The Kier molecular flexibility index (Phi) is 5.81. The predicted molar refractivity (Wildman–Crippen MR) is 127 cm³/mol. The van der Waals surface area contributed by atoms with Crippen LogP contribution in [0.5, 0.6) is 0 Å². The Morgan fingerprint density at radius 3 is 2.37 bits per heavy atom. The molecule has 0 spiro atoms. The van der Waals surface area contributed by atoms with Crippen LogP contribution >= 0.6 is 0 Å². The molecule has 5 rings (SSSR count). The Morgan fingerprint density at radius 2 is 1.71 bits per heavy atom. The molecule has 35 heavy (non-hydrogen) atoms. The summed E-state index contributed by atoms with van der Waals surface area (Å²) < 4.78 is 13.0. The lowest BCUT2D eigenvalue weighted by atomic mass is 9.88. The number of hydrogen-bond donors (Lipinski definition) is 0. The topological polar surface area (TPSA) is 107 Å². The molecule has 1 aliphatic heterocycles. The summed E-state index contributed by atoms with van der Waals surface area (Å²) in [5, 5.41) is 9.28. The highest BCUT2D eigenvalue weighted by Crippen LogP contribution is 2.40. The Bertz CT molecular complexity index is 1380. The fraction of sp³-hybridized carbons (Fsp3) is 0.385. The van der Waals surface area contributed by atoms with E-state index in [0.717, 1.165) is 10.1 Å². The highest BCUT2D eigenvalue weighted by atomic mass is 16.6. The van der Waals surface area contributed by atoms with Crippen LogP contribution in [0.2, 0.25) is 0 Å². The van der Waals surface area contributed by atoms with Crippen molar-refractivity contribution >= 4 is 23.2 Å². The number of amides is 1. The molecule has 2 aromatic carbocycles. The number of fused-ring (bicyclic) bond motifs is 1. The molecule has 0 radical (unpaired) electrons. The van der Waals surface area contributed by atoms with Gasteiger partial charge in [-0.15, -0.1) is 0 Å². The molecule has 180 valence electrons. The monoisotopic (exact) mass is 474 g/mol. The molecule has 1 aliphatic carbocycles. The van der Waals surface area contributed by atoms with Crippen molar-refractivity contribution in [3.8, 4) is 6.07 Å². The maximum absolute atomic E-state index is 13.3. The minimum Gasteiger partial charge on any atom is -0.452 e. The molecule has 0 bridgehead atoms. The first-order valence-electron chi connectivity index (χ1n) is 11.7. The number of cyclic esters (lactones) is 1. The lowest BCUT2D eigenvalue weighted by Crippen LogP contribution is -2.42. The van der Waals surface area contributed by atoms with Gasteiger partial charge in [-0.3, -0.25) is 9.47 Å². The van der Waals surface area contributed by atoms with Gasteiger partial charge in [0, 0.05) is 12.1 Å². The zero-order valence-electron chi connectivity index (χ0n) is 19.6. The third-order valence-corrected chi connectivity index (χ3v) is 7.17. The van der Waals surface area contributed by atoms with Crippen LogP contribution < -0.4 is 5.69 Å². The highest BCUT2D eigenvalue weighted by molar-refractivity contribution is 5.87. The van der Waals surface area contributed by atoms with E-state index in [0.29, 0.717) is 42.3 Å². The molecule has 2 atom stereocenters. The van der Waals surface area contributed by atoms with E-state index in [1.807, 2.05) is 48.2 Å². The first-order chi connectivity index (χ1) is 16.9. The zero-order valence-corrected chi connectivity index (χ0v) is 19.6. The van der Waals surface area contributed by atoms with E-state index in [9.17, 15) is 19.6 Å². The number of aromatic nitrogens is 2. The molecule has 1 saturated carbocycles. The first-order valence-corrected chi connectivity index (χ1v) is 11.7. The van der Waals surface area contributed by atoms with Gasteiger partial charge in [0.1, 0.15) is 6.10 Å². The van der Waals surface area contributed by atoms with Crippen LogP contribution in [0.1, 0.15) is 55.8 Å². The van der Waals surface area contributed by atoms with E-state index in [2.05, 4.69) is 0 Å². The molecule has 1 amide bonds. The van der Waals surface area contributed by atoms with Crippen LogP contribution in [0.15, 0.2) is 53.3 Å². The third kappa shape index (κ3) is 3.75. The Labute approximate surface area is 202 Å². The molecule has 2 unspecified atom stereocenters. The normalized spacial score (nSPS) is 24.3. The second-order valence-corrected chi connectivity index (χ2v) is 9.09. The molecule has 2 aliphatic rings. The maximum Gasteiger partial charge on any atom is 0.422 e. The minimum absolute atomic E-state index is 0.0104. The molecule has 2 fully saturated rings. The Morgan fingerprint density at radius 1 is 1.03 bits per heavy atom. The van der Waals surface area contributed by atoms with Gasteiger partial charge < -0.3 is 9.47 Å². The van der Waals surface area contributed by atoms with Gasteiger partial charge in [0.2, 0.25) is 0 Å². The van der Waals surface area contributed by atoms with Gasteiger partial charge in [-0.25, -0.2) is 14.4 Å². The molecule has 0 N–H and O–H groups in total. The van der Waals surface area contributed by atoms with Gasteiger partial charge in [-0.2, -0.15) is 9.83 Å². The summed E-state index contributed by atoms with van der Waals surface area (Å²) in [4.78, 5) is 40.4. The molecule has 1 aromatic heterocycles. The SMILES string of the molecule is COC(=O)n1c(=O)n(C2CCC(N3C(=O)OC(C)C3c3ccccc3)CC2)c2ccc(C#N)cc21. The quantitative estimate of drug-likeness (QED) is 0.559. The summed E-state index contributed by atoms with van der Waals surface area (Å²) in [6.45, 7) is 1.91. The lowest BCUT2D eigenvalue weighted by molar-refractivity contribution is 0.121. The van der Waals surface area contributed by atoms with Crippen LogP contribution in [0, 0.1) is 11.3 Å². The van der Waals surface area contributed by atoms with Crippen molar-refractivity contribution in [1.82, 2.24) is 14.0 Å². The number of methoxy groups -OCH3 is 1. The van der Waals surface area contributed by atoms with Gasteiger partial charge >= 0.3 is 17.9 Å². The fourth-order valence-corrected chi connectivity index (χ4v) is 5.59. The molecule has 9 nitrogen and oxygen atoms in total. The number of imidazole rings is 1. The average molecular weight is 475 g/mol. The van der Waals surface area contributed by atoms with E-state index in [4.69, 9.17) is 9.47 Å². The van der Waals surface area contributed by atoms with E-state index >= 15 is 0 Å². The number of hydrogen-bond acceptors (Lipinski definition) is 6. The zero-order chi connectivity index (χ0) is 24.7. The van der Waals surface area contributed by atoms with Crippen LogP contribution in [0.4, 0.5) is 9.59 Å². The molecule has 1 saturated heterocycles. The van der Waals surface area contributed by atoms with Crippen molar-refractivity contribution in [2.45, 2.75) is 56.8 Å². The van der Waals surface area contributed by atoms with Crippen molar-refractivity contribution in [2.24, 2.45) is 0 Å². The van der Waals surface area contributed by atoms with Crippen molar-refractivity contribution in [3.05, 3.63) is 70.1 Å². The summed E-state index contributed by atoms with van der Waals surface area (Å²) in [6, 6.07) is 16.5. The Balaban J connectivity index is 1.44. The number of benzene rings is 2. The van der Waals surface area contributed by atoms with E-state index in [1.165, 1.54) is 13.2 Å². The first kappa shape index (κ1) is 22.7. The van der Waals surface area contributed by atoms with Gasteiger partial charge in [0.15, 0.2) is 0 Å². The molecule has 2 heterocycles. The van der Waals surface area contributed by atoms with Gasteiger partial charge in [0.05, 0.1) is 35.8 Å². The minimum atomic E-state index is -0.790. The lowest BCUT2D eigenvalue weighted by Gasteiger charge is -2.37. The number of carbonyl (C=O) groups excluding carboxylic acids is 2. The van der Waals surface area contributed by atoms with Gasteiger partial charge in [0.25, 0.3) is 0 Å². The van der Waals surface area contributed by atoms with Crippen LogP contribution in [-0.2, 0) is 9.47 Å². The second kappa shape index (κ2) is 8.95. The van der Waals surface area contributed by atoms with E-state index < -0.39 is 11.8 Å². The van der Waals surface area contributed by atoms with Crippen LogP contribution in [0.25, 0.3) is 11.0 Å². The summed E-state index contributed by atoms with van der Waals surface area (Å²) in [5.41, 5.74) is 1.84. The molecule has 9 heteroatoms. The van der Waals surface area contributed by atoms with Gasteiger partial charge in [-0.1, -0.05) is 30.3 Å². The van der Waals surface area contributed by atoms with E-state index in [-0.39, 0.29) is 30.3 Å². The fourth-order valence-electron chi connectivity index (χ4n) is 5.59. The number of nitriles is 1. The molecular weight excluding hydrogens is 448 g/mol. The van der Waals surface area contributed by atoms with Crippen LogP contribution in [0.3, 0.4) is 0 Å². The molecule has 3 aromatic rings.